The van der Waals surface area contributed by atoms with E-state index in [0.29, 0.717) is 0 Å². The fourth-order valence-corrected chi connectivity index (χ4v) is 5.81. The number of aryl methyl sites for hydroxylation is 1. The van der Waals surface area contributed by atoms with Crippen molar-refractivity contribution in [3.63, 3.8) is 0 Å². The minimum Gasteiger partial charge on any atom is -0.453 e. The second kappa shape index (κ2) is 10.9. The summed E-state index contributed by atoms with van der Waals surface area (Å²) in [5, 5.41) is 22.2. The normalized spacial score (nSPS) is 28.7. The van der Waals surface area contributed by atoms with Crippen LogP contribution in [0.3, 0.4) is 0 Å². The molecule has 2 bridgehead atoms. The third-order valence-electron chi connectivity index (χ3n) is 6.72. The van der Waals surface area contributed by atoms with Crippen LogP contribution in [-0.2, 0) is 35.1 Å². The zero-order chi connectivity index (χ0) is 26.9. The van der Waals surface area contributed by atoms with Crippen molar-refractivity contribution in [3.05, 3.63) is 102 Å². The molecule has 5 rings (SSSR count). The number of carbonyl (C=O) groups is 1. The Balaban J connectivity index is 1.43. The minimum absolute atomic E-state index is 0.0693. The predicted molar refractivity (Wildman–Crippen MR) is 135 cm³/mol. The van der Waals surface area contributed by atoms with E-state index in [1.165, 1.54) is 12.1 Å². The first-order valence-corrected chi connectivity index (χ1v) is 13.6. The third-order valence-corrected chi connectivity index (χ3v) is 8.04. The molecule has 0 aliphatic carbocycles. The van der Waals surface area contributed by atoms with Gasteiger partial charge in [0.05, 0.1) is 17.1 Å². The van der Waals surface area contributed by atoms with E-state index in [4.69, 9.17) is 18.4 Å². The highest BCUT2D eigenvalue weighted by atomic mass is 32.2. The molecule has 2 aliphatic heterocycles. The lowest BCUT2D eigenvalue weighted by Gasteiger charge is -2.37. The van der Waals surface area contributed by atoms with E-state index >= 15 is 0 Å². The van der Waals surface area contributed by atoms with E-state index in [9.17, 15) is 23.4 Å². The van der Waals surface area contributed by atoms with Crippen LogP contribution in [0.2, 0.25) is 0 Å². The quantitative estimate of drug-likeness (QED) is 0.327. The molecule has 0 radical (unpaired) electrons. The molecule has 2 N–H and O–H groups in total. The molecule has 3 aromatic rings. The molecule has 7 atom stereocenters. The van der Waals surface area contributed by atoms with Crippen molar-refractivity contribution in [2.24, 2.45) is 0 Å². The highest BCUT2D eigenvalue weighted by Crippen LogP contribution is 2.40. The van der Waals surface area contributed by atoms with Crippen molar-refractivity contribution >= 4 is 16.1 Å². The first-order chi connectivity index (χ1) is 18.2. The summed E-state index contributed by atoms with van der Waals surface area (Å²) in [5.74, 6) is -0.749. The van der Waals surface area contributed by atoms with Crippen LogP contribution < -0.4 is 0 Å². The van der Waals surface area contributed by atoms with Crippen LogP contribution in [-0.4, -0.2) is 67.3 Å². The summed E-state index contributed by atoms with van der Waals surface area (Å²) >= 11 is 0. The Kier molecular flexibility index (Phi) is 7.62. The summed E-state index contributed by atoms with van der Waals surface area (Å²) in [4.78, 5) is 12.6. The second-order valence-electron chi connectivity index (χ2n) is 9.37. The standard InChI is InChI=1S/C28H28O9S/c1-17-12-14-20(15-13-17)38(32,33)37-27-25-22(30)23(36-28(31)19-10-6-3-7-11-19)21(29)24(35-25)26(27)34-16-18-8-4-2-5-9-18/h2-15,21-27,29-30H,16H2,1H3/t21-,22-,23+,24+,25-,26-,27-/m0/s1. The van der Waals surface area contributed by atoms with Gasteiger partial charge in [-0.3, -0.25) is 4.18 Å². The summed E-state index contributed by atoms with van der Waals surface area (Å²) in [6.07, 6.45) is -9.28. The highest BCUT2D eigenvalue weighted by molar-refractivity contribution is 7.86. The highest BCUT2D eigenvalue weighted by Gasteiger charge is 2.62. The summed E-state index contributed by atoms with van der Waals surface area (Å²) in [7, 11) is -4.30. The number of aliphatic hydroxyl groups excluding tert-OH is 2. The van der Waals surface area contributed by atoms with Gasteiger partial charge in [0.1, 0.15) is 36.6 Å². The predicted octanol–water partition coefficient (Wildman–Crippen LogP) is 2.38. The molecule has 0 spiro atoms. The van der Waals surface area contributed by atoms with E-state index in [2.05, 4.69) is 0 Å². The van der Waals surface area contributed by atoms with Gasteiger partial charge in [-0.15, -0.1) is 0 Å². The molecule has 10 heteroatoms. The minimum atomic E-state index is -4.30. The Morgan fingerprint density at radius 1 is 0.816 bits per heavy atom. The average molecular weight is 541 g/mol. The van der Waals surface area contributed by atoms with Crippen molar-refractivity contribution in [2.75, 3.05) is 0 Å². The molecule has 0 unspecified atom stereocenters. The van der Waals surface area contributed by atoms with Crippen molar-refractivity contribution in [3.8, 4) is 0 Å². The molecule has 3 aromatic carbocycles. The van der Waals surface area contributed by atoms with Gasteiger partial charge in [0.2, 0.25) is 0 Å². The molecule has 2 fully saturated rings. The molecular formula is C28H28O9S. The molecule has 0 aromatic heterocycles. The first kappa shape index (κ1) is 26.5. The zero-order valence-corrected chi connectivity index (χ0v) is 21.3. The van der Waals surface area contributed by atoms with Gasteiger partial charge >= 0.3 is 5.97 Å². The van der Waals surface area contributed by atoms with Gasteiger partial charge in [-0.1, -0.05) is 66.2 Å². The Bertz CT molecular complexity index is 1350. The van der Waals surface area contributed by atoms with Crippen LogP contribution in [0.15, 0.2) is 89.8 Å². The smallest absolute Gasteiger partial charge is 0.338 e. The lowest BCUT2D eigenvalue weighted by Crippen LogP contribution is -2.56. The Hall–Kier alpha value is -3.12. The van der Waals surface area contributed by atoms with Gasteiger partial charge in [0.15, 0.2) is 6.10 Å². The number of carbonyl (C=O) groups excluding carboxylic acids is 1. The maximum Gasteiger partial charge on any atom is 0.338 e. The fraction of sp³-hybridized carbons (Fsp3) is 0.321. The Morgan fingerprint density at radius 2 is 1.39 bits per heavy atom. The second-order valence-corrected chi connectivity index (χ2v) is 10.9. The number of hydrogen-bond donors (Lipinski definition) is 2. The summed E-state index contributed by atoms with van der Waals surface area (Å²) < 4.78 is 49.3. The monoisotopic (exact) mass is 540 g/mol. The summed E-state index contributed by atoms with van der Waals surface area (Å²) in [6.45, 7) is 1.90. The number of ether oxygens (including phenoxy) is 3. The molecule has 0 amide bonds. The number of hydrogen-bond acceptors (Lipinski definition) is 9. The lowest BCUT2D eigenvalue weighted by molar-refractivity contribution is -0.208. The molecule has 38 heavy (non-hydrogen) atoms. The first-order valence-electron chi connectivity index (χ1n) is 12.2. The van der Waals surface area contributed by atoms with Gasteiger partial charge in [-0.05, 0) is 36.8 Å². The van der Waals surface area contributed by atoms with Crippen LogP contribution in [0.5, 0.6) is 0 Å². The van der Waals surface area contributed by atoms with Crippen LogP contribution in [0, 0.1) is 6.92 Å². The summed E-state index contributed by atoms with van der Waals surface area (Å²) in [6, 6.07) is 23.4. The number of esters is 1. The number of aliphatic hydroxyl groups is 2. The van der Waals surface area contributed by atoms with Gasteiger partial charge in [-0.25, -0.2) is 4.79 Å². The van der Waals surface area contributed by atoms with Crippen LogP contribution in [0.4, 0.5) is 0 Å². The van der Waals surface area contributed by atoms with E-state index in [0.717, 1.165) is 11.1 Å². The third kappa shape index (κ3) is 5.37. The van der Waals surface area contributed by atoms with E-state index in [-0.39, 0.29) is 17.1 Å². The maximum atomic E-state index is 13.2. The van der Waals surface area contributed by atoms with Crippen LogP contribution in [0.25, 0.3) is 0 Å². The van der Waals surface area contributed by atoms with Gasteiger partial charge < -0.3 is 24.4 Å². The molecule has 200 valence electrons. The zero-order valence-electron chi connectivity index (χ0n) is 20.5. The Labute approximate surface area is 220 Å². The van der Waals surface area contributed by atoms with E-state index < -0.39 is 58.8 Å². The number of fused-ring (bicyclic) bond motifs is 2. The fourth-order valence-electron chi connectivity index (χ4n) is 4.71. The van der Waals surface area contributed by atoms with Crippen LogP contribution >= 0.6 is 0 Å². The van der Waals surface area contributed by atoms with E-state index in [1.807, 2.05) is 37.3 Å². The maximum absolute atomic E-state index is 13.2. The van der Waals surface area contributed by atoms with Gasteiger partial charge in [-0.2, -0.15) is 8.42 Å². The number of benzene rings is 3. The average Bonchev–Trinajstić information content (AvgIpc) is 3.24. The topological polar surface area (TPSA) is 129 Å². The van der Waals surface area contributed by atoms with Crippen molar-refractivity contribution in [2.45, 2.75) is 61.2 Å². The molecule has 2 aliphatic rings. The molecular weight excluding hydrogens is 512 g/mol. The Morgan fingerprint density at radius 3 is 2.03 bits per heavy atom. The van der Waals surface area contributed by atoms with Crippen molar-refractivity contribution in [1.82, 2.24) is 0 Å². The summed E-state index contributed by atoms with van der Waals surface area (Å²) in [5.41, 5.74) is 1.91. The molecule has 0 saturated carbocycles. The lowest BCUT2D eigenvalue weighted by atomic mass is 10.00. The van der Waals surface area contributed by atoms with Gasteiger partial charge in [0.25, 0.3) is 10.1 Å². The SMILES string of the molecule is Cc1ccc(S(=O)(=O)O[C@@H]2[C@@H](OCc3ccccc3)[C@@H]3O[C@H]2[C@@H](O)[C@H](OC(=O)c2ccccc2)[C@@H]3O)cc1. The van der Waals surface area contributed by atoms with E-state index in [1.54, 1.807) is 42.5 Å². The largest absolute Gasteiger partial charge is 0.453 e. The van der Waals surface area contributed by atoms with Crippen molar-refractivity contribution < 1.29 is 41.8 Å². The van der Waals surface area contributed by atoms with Gasteiger partial charge in [0, 0.05) is 0 Å². The molecule has 2 saturated heterocycles. The molecule has 9 nitrogen and oxygen atoms in total. The van der Waals surface area contributed by atoms with Crippen LogP contribution in [0.1, 0.15) is 21.5 Å². The number of rotatable bonds is 8. The molecule has 2 heterocycles. The van der Waals surface area contributed by atoms with Crippen molar-refractivity contribution in [1.29, 1.82) is 0 Å².